The van der Waals surface area contributed by atoms with Gasteiger partial charge in [-0.3, -0.25) is 4.79 Å². The van der Waals surface area contributed by atoms with Gasteiger partial charge in [-0.2, -0.15) is 8.78 Å². The molecule has 0 bridgehead atoms. The Labute approximate surface area is 153 Å². The number of carbonyl (C=O) groups excluding carboxylic acids is 1. The SMILES string of the molecule is CN(Cc1ccc(OC(F)F)cc1)C(=O)c1ccc(-c2ccc(F)cc2)o1. The predicted octanol–water partition coefficient (Wildman–Crippen LogP) is 4.96. The van der Waals surface area contributed by atoms with E-state index in [1.807, 2.05) is 0 Å². The molecule has 3 aromatic rings. The molecule has 7 heteroatoms. The number of furan rings is 1. The summed E-state index contributed by atoms with van der Waals surface area (Å²) in [6.45, 7) is -2.62. The minimum absolute atomic E-state index is 0.0534. The van der Waals surface area contributed by atoms with Crippen molar-refractivity contribution in [2.45, 2.75) is 13.2 Å². The number of benzene rings is 2. The zero-order valence-electron chi connectivity index (χ0n) is 14.4. The molecular weight excluding hydrogens is 359 g/mol. The van der Waals surface area contributed by atoms with Crippen LogP contribution in [0.2, 0.25) is 0 Å². The molecule has 0 spiro atoms. The monoisotopic (exact) mass is 375 g/mol. The van der Waals surface area contributed by atoms with Gasteiger partial charge in [-0.1, -0.05) is 12.1 Å². The molecule has 0 saturated carbocycles. The van der Waals surface area contributed by atoms with Crippen LogP contribution in [-0.2, 0) is 6.54 Å². The molecule has 1 heterocycles. The van der Waals surface area contributed by atoms with Gasteiger partial charge in [0.15, 0.2) is 5.76 Å². The molecule has 1 aromatic heterocycles. The largest absolute Gasteiger partial charge is 0.451 e. The molecular formula is C20H16F3NO3. The van der Waals surface area contributed by atoms with E-state index < -0.39 is 6.61 Å². The van der Waals surface area contributed by atoms with E-state index in [0.29, 0.717) is 11.3 Å². The molecule has 0 aliphatic carbocycles. The number of rotatable bonds is 6. The Hall–Kier alpha value is -3.22. The molecule has 2 aromatic carbocycles. The van der Waals surface area contributed by atoms with Gasteiger partial charge in [0, 0.05) is 19.2 Å². The lowest BCUT2D eigenvalue weighted by Crippen LogP contribution is -2.25. The summed E-state index contributed by atoms with van der Waals surface area (Å²) in [7, 11) is 1.60. The van der Waals surface area contributed by atoms with Crippen LogP contribution in [0.25, 0.3) is 11.3 Å². The Morgan fingerprint density at radius 3 is 2.33 bits per heavy atom. The first-order valence-electron chi connectivity index (χ1n) is 8.07. The van der Waals surface area contributed by atoms with Crippen molar-refractivity contribution in [3.8, 4) is 17.1 Å². The highest BCUT2D eigenvalue weighted by molar-refractivity contribution is 5.91. The van der Waals surface area contributed by atoms with Crippen LogP contribution in [0.4, 0.5) is 13.2 Å². The molecule has 0 saturated heterocycles. The fourth-order valence-electron chi connectivity index (χ4n) is 2.53. The quantitative estimate of drug-likeness (QED) is 0.612. The van der Waals surface area contributed by atoms with Crippen LogP contribution in [0.5, 0.6) is 5.75 Å². The van der Waals surface area contributed by atoms with Gasteiger partial charge in [0.2, 0.25) is 0 Å². The number of hydrogen-bond acceptors (Lipinski definition) is 3. The van der Waals surface area contributed by atoms with Gasteiger partial charge in [0.1, 0.15) is 17.3 Å². The Balaban J connectivity index is 1.66. The molecule has 0 unspecified atom stereocenters. The minimum atomic E-state index is -2.88. The van der Waals surface area contributed by atoms with Crippen LogP contribution >= 0.6 is 0 Å². The van der Waals surface area contributed by atoms with Gasteiger partial charge in [-0.15, -0.1) is 0 Å². The fraction of sp³-hybridized carbons (Fsp3) is 0.150. The number of amides is 1. The van der Waals surface area contributed by atoms with Crippen molar-refractivity contribution in [3.63, 3.8) is 0 Å². The lowest BCUT2D eigenvalue weighted by atomic mass is 10.2. The van der Waals surface area contributed by atoms with E-state index >= 15 is 0 Å². The van der Waals surface area contributed by atoms with Gasteiger partial charge in [0.25, 0.3) is 5.91 Å². The van der Waals surface area contributed by atoms with Gasteiger partial charge < -0.3 is 14.1 Å². The molecule has 27 heavy (non-hydrogen) atoms. The average molecular weight is 375 g/mol. The standard InChI is InChI=1S/C20H16F3NO3/c1-24(12-13-2-8-16(9-3-13)26-20(22)23)19(25)18-11-10-17(27-18)14-4-6-15(21)7-5-14/h2-11,20H,12H2,1H3. The van der Waals surface area contributed by atoms with Crippen molar-refractivity contribution < 1.29 is 27.1 Å². The van der Waals surface area contributed by atoms with E-state index in [1.165, 1.54) is 29.2 Å². The van der Waals surface area contributed by atoms with Crippen LogP contribution in [-0.4, -0.2) is 24.5 Å². The van der Waals surface area contributed by atoms with E-state index in [9.17, 15) is 18.0 Å². The van der Waals surface area contributed by atoms with Gasteiger partial charge >= 0.3 is 6.61 Å². The van der Waals surface area contributed by atoms with Crippen LogP contribution in [0, 0.1) is 5.82 Å². The predicted molar refractivity (Wildman–Crippen MR) is 93.0 cm³/mol. The second-order valence-corrected chi connectivity index (χ2v) is 5.85. The maximum Gasteiger partial charge on any atom is 0.387 e. The van der Waals surface area contributed by atoms with Crippen molar-refractivity contribution >= 4 is 5.91 Å². The number of hydrogen-bond donors (Lipinski definition) is 0. The summed E-state index contributed by atoms with van der Waals surface area (Å²) in [6, 6.07) is 15.0. The normalized spacial score (nSPS) is 10.9. The van der Waals surface area contributed by atoms with Crippen LogP contribution in [0.1, 0.15) is 16.1 Å². The Kier molecular flexibility index (Phi) is 5.49. The molecule has 140 valence electrons. The molecule has 0 fully saturated rings. The van der Waals surface area contributed by atoms with Crippen molar-refractivity contribution in [2.75, 3.05) is 7.05 Å². The van der Waals surface area contributed by atoms with Crippen LogP contribution in [0.15, 0.2) is 65.1 Å². The molecule has 0 N–H and O–H groups in total. The van der Waals surface area contributed by atoms with Crippen molar-refractivity contribution in [3.05, 3.63) is 77.8 Å². The van der Waals surface area contributed by atoms with E-state index in [4.69, 9.17) is 4.42 Å². The van der Waals surface area contributed by atoms with Crippen LogP contribution in [0.3, 0.4) is 0 Å². The highest BCUT2D eigenvalue weighted by Crippen LogP contribution is 2.23. The first kappa shape index (κ1) is 18.6. The zero-order valence-corrected chi connectivity index (χ0v) is 14.4. The summed E-state index contributed by atoms with van der Waals surface area (Å²) in [6.07, 6.45) is 0. The van der Waals surface area contributed by atoms with Crippen molar-refractivity contribution in [1.82, 2.24) is 4.90 Å². The maximum absolute atomic E-state index is 13.0. The Morgan fingerprint density at radius 1 is 1.04 bits per heavy atom. The first-order valence-corrected chi connectivity index (χ1v) is 8.07. The molecule has 0 aliphatic rings. The van der Waals surface area contributed by atoms with Gasteiger partial charge in [-0.25, -0.2) is 4.39 Å². The van der Waals surface area contributed by atoms with Gasteiger partial charge in [0.05, 0.1) is 0 Å². The number of halogens is 3. The minimum Gasteiger partial charge on any atom is -0.451 e. The molecule has 4 nitrogen and oxygen atoms in total. The maximum atomic E-state index is 13.0. The highest BCUT2D eigenvalue weighted by Gasteiger charge is 2.17. The Bertz CT molecular complexity index is 905. The number of nitrogens with zero attached hydrogens (tertiary/aromatic N) is 1. The third kappa shape index (κ3) is 4.69. The van der Waals surface area contributed by atoms with E-state index in [0.717, 1.165) is 5.56 Å². The lowest BCUT2D eigenvalue weighted by Gasteiger charge is -2.16. The highest BCUT2D eigenvalue weighted by atomic mass is 19.3. The second kappa shape index (κ2) is 7.99. The van der Waals surface area contributed by atoms with Crippen molar-refractivity contribution in [2.24, 2.45) is 0 Å². The molecule has 1 amide bonds. The summed E-state index contributed by atoms with van der Waals surface area (Å²) in [4.78, 5) is 13.9. The van der Waals surface area contributed by atoms with Crippen molar-refractivity contribution in [1.29, 1.82) is 0 Å². The third-order valence-corrected chi connectivity index (χ3v) is 3.86. The summed E-state index contributed by atoms with van der Waals surface area (Å²) >= 11 is 0. The molecule has 0 atom stereocenters. The zero-order chi connectivity index (χ0) is 19.4. The third-order valence-electron chi connectivity index (χ3n) is 3.86. The fourth-order valence-corrected chi connectivity index (χ4v) is 2.53. The van der Waals surface area contributed by atoms with Crippen LogP contribution < -0.4 is 4.74 Å². The summed E-state index contributed by atoms with van der Waals surface area (Å²) in [5.41, 5.74) is 1.41. The molecule has 0 radical (unpaired) electrons. The smallest absolute Gasteiger partial charge is 0.387 e. The topological polar surface area (TPSA) is 42.7 Å². The second-order valence-electron chi connectivity index (χ2n) is 5.85. The molecule has 0 aliphatic heterocycles. The average Bonchev–Trinajstić information content (AvgIpc) is 3.13. The first-order chi connectivity index (χ1) is 12.9. The van der Waals surface area contributed by atoms with E-state index in [1.54, 1.807) is 43.4 Å². The number of alkyl halides is 2. The summed E-state index contributed by atoms with van der Waals surface area (Å²) < 4.78 is 47.2. The number of ether oxygens (including phenoxy) is 1. The lowest BCUT2D eigenvalue weighted by molar-refractivity contribution is -0.0498. The van der Waals surface area contributed by atoms with E-state index in [2.05, 4.69) is 4.74 Å². The molecule has 3 rings (SSSR count). The van der Waals surface area contributed by atoms with E-state index in [-0.39, 0.29) is 29.8 Å². The Morgan fingerprint density at radius 2 is 1.70 bits per heavy atom. The summed E-state index contributed by atoms with van der Waals surface area (Å²) in [5, 5.41) is 0. The summed E-state index contributed by atoms with van der Waals surface area (Å²) in [5.74, 6) is -0.0324. The van der Waals surface area contributed by atoms with Gasteiger partial charge in [-0.05, 0) is 54.1 Å². The number of carbonyl (C=O) groups is 1.